The number of anilines is 1. The normalized spacial score (nSPS) is 15.0. The van der Waals surface area contributed by atoms with Gasteiger partial charge in [0.1, 0.15) is 5.82 Å². The molecule has 1 aliphatic carbocycles. The molecule has 0 aliphatic heterocycles. The minimum absolute atomic E-state index is 0. The third-order valence-corrected chi connectivity index (χ3v) is 5.47. The fraction of sp³-hybridized carbons (Fsp3) is 0.526. The summed E-state index contributed by atoms with van der Waals surface area (Å²) in [6, 6.07) is 6.14. The van der Waals surface area contributed by atoms with Gasteiger partial charge < -0.3 is 20.4 Å². The molecule has 3 N–H and O–H groups in total. The maximum absolute atomic E-state index is 12.5. The molecule has 1 heterocycles. The molecule has 172 valence electrons. The molecule has 1 aromatic heterocycles. The van der Waals surface area contributed by atoms with Gasteiger partial charge in [-0.05, 0) is 37.7 Å². The van der Waals surface area contributed by atoms with Crippen LogP contribution < -0.4 is 15.8 Å². The van der Waals surface area contributed by atoms with Crippen LogP contribution in [0.4, 0.5) is 18.9 Å². The van der Waals surface area contributed by atoms with Crippen LogP contribution >= 0.6 is 35.7 Å². The molecule has 3 rings (SSSR count). The number of aromatic nitrogens is 3. The SMILES string of the molecule is CSc1nnc(CCCN=C(N)Nc2ccccc2OC(F)(F)F)n1C1CCCC1.I. The number of rotatable bonds is 8. The lowest BCUT2D eigenvalue weighted by atomic mass is 10.2. The lowest BCUT2D eigenvalue weighted by Crippen LogP contribution is -2.24. The Bertz CT molecular complexity index is 871. The number of guanidine groups is 1. The number of nitrogens with one attached hydrogen (secondary N) is 1. The number of aliphatic imine (C=N–C) groups is 1. The van der Waals surface area contributed by atoms with Gasteiger partial charge in [-0.25, -0.2) is 0 Å². The first-order chi connectivity index (χ1) is 14.4. The number of halogens is 4. The van der Waals surface area contributed by atoms with Crippen molar-refractivity contribution < 1.29 is 17.9 Å². The van der Waals surface area contributed by atoms with E-state index in [9.17, 15) is 13.2 Å². The van der Waals surface area contributed by atoms with Crippen LogP contribution in [0.15, 0.2) is 34.4 Å². The van der Waals surface area contributed by atoms with Crippen molar-refractivity contribution in [3.63, 3.8) is 0 Å². The van der Waals surface area contributed by atoms with E-state index in [0.29, 0.717) is 25.4 Å². The van der Waals surface area contributed by atoms with Crippen molar-refractivity contribution in [3.8, 4) is 5.75 Å². The highest BCUT2D eigenvalue weighted by atomic mass is 127. The van der Waals surface area contributed by atoms with Gasteiger partial charge in [0.25, 0.3) is 0 Å². The van der Waals surface area contributed by atoms with Crippen LogP contribution in [-0.4, -0.2) is 39.9 Å². The smallest absolute Gasteiger partial charge is 0.404 e. The van der Waals surface area contributed by atoms with Crippen molar-refractivity contribution in [2.75, 3.05) is 18.1 Å². The Morgan fingerprint density at radius 3 is 2.68 bits per heavy atom. The Morgan fingerprint density at radius 1 is 1.29 bits per heavy atom. The molecule has 1 saturated carbocycles. The van der Waals surface area contributed by atoms with E-state index < -0.39 is 6.36 Å². The van der Waals surface area contributed by atoms with E-state index in [1.807, 2.05) is 6.26 Å². The van der Waals surface area contributed by atoms with Crippen molar-refractivity contribution in [2.45, 2.75) is 56.1 Å². The van der Waals surface area contributed by atoms with Crippen LogP contribution in [0.5, 0.6) is 5.75 Å². The van der Waals surface area contributed by atoms with Gasteiger partial charge in [-0.2, -0.15) is 0 Å². The van der Waals surface area contributed by atoms with Gasteiger partial charge >= 0.3 is 6.36 Å². The summed E-state index contributed by atoms with van der Waals surface area (Å²) in [5.41, 5.74) is 5.94. The number of nitrogens with zero attached hydrogens (tertiary/aromatic N) is 4. The summed E-state index contributed by atoms with van der Waals surface area (Å²) in [7, 11) is 0. The molecule has 7 nitrogen and oxygen atoms in total. The summed E-state index contributed by atoms with van der Waals surface area (Å²) >= 11 is 1.59. The number of benzene rings is 1. The molecule has 0 spiro atoms. The monoisotopic (exact) mass is 570 g/mol. The van der Waals surface area contributed by atoms with Gasteiger partial charge in [0.05, 0.1) is 5.69 Å². The number of para-hydroxylation sites is 2. The van der Waals surface area contributed by atoms with Crippen molar-refractivity contribution in [3.05, 3.63) is 30.1 Å². The van der Waals surface area contributed by atoms with Crippen LogP contribution in [0.25, 0.3) is 0 Å². The zero-order chi connectivity index (χ0) is 21.6. The van der Waals surface area contributed by atoms with Crippen molar-refractivity contribution >= 4 is 47.4 Å². The highest BCUT2D eigenvalue weighted by Gasteiger charge is 2.32. The van der Waals surface area contributed by atoms with Gasteiger partial charge in [0.2, 0.25) is 0 Å². The fourth-order valence-electron chi connectivity index (χ4n) is 3.54. The lowest BCUT2D eigenvalue weighted by molar-refractivity contribution is -0.274. The first-order valence-corrected chi connectivity index (χ1v) is 11.0. The standard InChI is InChI=1S/C19H25F3N6OS.HI/c1-30-18-27-26-16(28(18)13-7-2-3-8-13)11-6-12-24-17(23)25-14-9-4-5-10-15(14)29-19(20,21)22;/h4-5,9-10,13H,2-3,6-8,11-12H2,1H3,(H3,23,24,25);1H. The second-order valence-corrected chi connectivity index (χ2v) is 7.72. The third-order valence-electron chi connectivity index (χ3n) is 4.82. The molecule has 0 amide bonds. The topological polar surface area (TPSA) is 90.3 Å². The van der Waals surface area contributed by atoms with Crippen molar-refractivity contribution in [1.29, 1.82) is 0 Å². The molecule has 0 bridgehead atoms. The fourth-order valence-corrected chi connectivity index (χ4v) is 4.12. The number of ether oxygens (including phenoxy) is 1. The number of alkyl halides is 3. The number of hydrogen-bond donors (Lipinski definition) is 2. The van der Waals surface area contributed by atoms with Crippen molar-refractivity contribution in [1.82, 2.24) is 14.8 Å². The molecule has 2 aromatic rings. The van der Waals surface area contributed by atoms with Crippen LogP contribution in [0.2, 0.25) is 0 Å². The second kappa shape index (κ2) is 11.8. The van der Waals surface area contributed by atoms with Gasteiger partial charge in [-0.3, -0.25) is 4.99 Å². The summed E-state index contributed by atoms with van der Waals surface area (Å²) < 4.78 is 43.8. The van der Waals surface area contributed by atoms with Gasteiger partial charge in [0, 0.05) is 19.0 Å². The molecular formula is C19H26F3IN6OS. The highest BCUT2D eigenvalue weighted by Crippen LogP contribution is 2.33. The van der Waals surface area contributed by atoms with Crippen LogP contribution in [-0.2, 0) is 6.42 Å². The average Bonchev–Trinajstić information content (AvgIpc) is 3.34. The largest absolute Gasteiger partial charge is 0.573 e. The third kappa shape index (κ3) is 7.44. The van der Waals surface area contributed by atoms with Crippen LogP contribution in [0.1, 0.15) is 44.0 Å². The van der Waals surface area contributed by atoms with E-state index in [4.69, 9.17) is 5.73 Å². The molecule has 0 radical (unpaired) electrons. The Balaban J connectivity index is 0.00000341. The number of nitrogens with two attached hydrogens (primary N) is 1. The molecule has 0 atom stereocenters. The van der Waals surface area contributed by atoms with Crippen molar-refractivity contribution in [2.24, 2.45) is 10.7 Å². The van der Waals surface area contributed by atoms with Gasteiger partial charge in [-0.15, -0.1) is 47.3 Å². The summed E-state index contributed by atoms with van der Waals surface area (Å²) in [6.07, 6.45) is 3.35. The maximum atomic E-state index is 12.5. The second-order valence-electron chi connectivity index (χ2n) is 6.95. The molecule has 31 heavy (non-hydrogen) atoms. The Hall–Kier alpha value is -1.70. The molecule has 0 saturated heterocycles. The van der Waals surface area contributed by atoms with E-state index in [0.717, 1.165) is 23.8 Å². The van der Waals surface area contributed by atoms with E-state index in [2.05, 4.69) is 29.8 Å². The molecule has 1 aromatic carbocycles. The Labute approximate surface area is 200 Å². The molecular weight excluding hydrogens is 544 g/mol. The van der Waals surface area contributed by atoms with Crippen LogP contribution in [0, 0.1) is 0 Å². The Kier molecular flexibility index (Phi) is 9.72. The first-order valence-electron chi connectivity index (χ1n) is 9.77. The molecule has 12 heteroatoms. The summed E-state index contributed by atoms with van der Waals surface area (Å²) in [5, 5.41) is 12.2. The maximum Gasteiger partial charge on any atom is 0.573 e. The predicted molar refractivity (Wildman–Crippen MR) is 126 cm³/mol. The molecule has 1 aliphatic rings. The highest BCUT2D eigenvalue weighted by molar-refractivity contribution is 14.0. The summed E-state index contributed by atoms with van der Waals surface area (Å²) in [4.78, 5) is 4.21. The Morgan fingerprint density at radius 2 is 2.00 bits per heavy atom. The quantitative estimate of drug-likeness (QED) is 0.153. The van der Waals surface area contributed by atoms with Gasteiger partial charge in [0.15, 0.2) is 16.9 Å². The van der Waals surface area contributed by atoms with E-state index in [1.165, 1.54) is 31.0 Å². The van der Waals surface area contributed by atoms with Crippen LogP contribution in [0.3, 0.4) is 0 Å². The summed E-state index contributed by atoms with van der Waals surface area (Å²) in [6.45, 7) is 0.410. The minimum atomic E-state index is -4.78. The summed E-state index contributed by atoms with van der Waals surface area (Å²) in [5.74, 6) is 0.601. The van der Waals surface area contributed by atoms with Gasteiger partial charge in [-0.1, -0.05) is 36.7 Å². The number of thioether (sulfide) groups is 1. The lowest BCUT2D eigenvalue weighted by Gasteiger charge is -2.16. The molecule has 0 unspecified atom stereocenters. The van der Waals surface area contributed by atoms with E-state index in [-0.39, 0.29) is 41.4 Å². The van der Waals surface area contributed by atoms with E-state index in [1.54, 1.807) is 17.8 Å². The average molecular weight is 570 g/mol. The zero-order valence-corrected chi connectivity index (χ0v) is 20.2. The zero-order valence-electron chi connectivity index (χ0n) is 17.1. The minimum Gasteiger partial charge on any atom is -0.404 e. The molecule has 1 fully saturated rings. The number of hydrogen-bond acceptors (Lipinski definition) is 5. The first kappa shape index (κ1) is 25.6. The predicted octanol–water partition coefficient (Wildman–Crippen LogP) is 4.99. The number of aryl methyl sites for hydroxylation is 1. The van der Waals surface area contributed by atoms with E-state index >= 15 is 0 Å².